The van der Waals surface area contributed by atoms with Gasteiger partial charge in [0.1, 0.15) is 0 Å². The first kappa shape index (κ1) is 24.5. The predicted molar refractivity (Wildman–Crippen MR) is 135 cm³/mol. The van der Waals surface area contributed by atoms with E-state index in [1.807, 2.05) is 88.4 Å². The molecule has 1 amide bonds. The summed E-state index contributed by atoms with van der Waals surface area (Å²) in [4.78, 5) is 12.8. The third-order valence-corrected chi connectivity index (χ3v) is 6.68. The van der Waals surface area contributed by atoms with Crippen LogP contribution in [0.15, 0.2) is 72.8 Å². The normalized spacial score (nSPS) is 11.8. The Bertz CT molecular complexity index is 1200. The summed E-state index contributed by atoms with van der Waals surface area (Å²) in [6, 6.07) is 22.9. The van der Waals surface area contributed by atoms with Crippen LogP contribution in [0.3, 0.4) is 0 Å². The van der Waals surface area contributed by atoms with E-state index < -0.39 is 15.6 Å². The topological polar surface area (TPSA) is 66.5 Å². The molecular formula is C27H32N2O3S. The van der Waals surface area contributed by atoms with Crippen molar-refractivity contribution < 1.29 is 13.2 Å². The quantitative estimate of drug-likeness (QED) is 0.509. The zero-order chi connectivity index (χ0) is 24.2. The van der Waals surface area contributed by atoms with Gasteiger partial charge in [-0.25, -0.2) is 8.42 Å². The Morgan fingerprint density at radius 1 is 0.848 bits per heavy atom. The highest BCUT2D eigenvalue weighted by Gasteiger charge is 2.23. The number of para-hydroxylation sites is 1. The van der Waals surface area contributed by atoms with E-state index in [1.54, 1.807) is 12.1 Å². The number of anilines is 1. The van der Waals surface area contributed by atoms with Gasteiger partial charge in [0, 0.05) is 11.1 Å². The fourth-order valence-electron chi connectivity index (χ4n) is 4.02. The van der Waals surface area contributed by atoms with Gasteiger partial charge in [0.2, 0.25) is 10.0 Å². The monoisotopic (exact) mass is 464 g/mol. The Morgan fingerprint density at radius 3 is 1.97 bits per heavy atom. The number of aryl methyl sites for hydroxylation is 2. The van der Waals surface area contributed by atoms with Gasteiger partial charge in [0.15, 0.2) is 0 Å². The molecule has 3 aromatic carbocycles. The number of carbonyl (C=O) groups excluding carboxylic acids is 1. The summed E-state index contributed by atoms with van der Waals surface area (Å²) in [6.45, 7) is 8.02. The summed E-state index contributed by atoms with van der Waals surface area (Å²) < 4.78 is 26.6. The van der Waals surface area contributed by atoms with E-state index in [2.05, 4.69) is 5.32 Å². The molecule has 0 bridgehead atoms. The molecule has 3 aromatic rings. The number of carbonyl (C=O) groups is 1. The van der Waals surface area contributed by atoms with Crippen molar-refractivity contribution in [3.05, 3.63) is 101 Å². The van der Waals surface area contributed by atoms with Crippen molar-refractivity contribution in [1.82, 2.24) is 5.32 Å². The summed E-state index contributed by atoms with van der Waals surface area (Å²) in [5.41, 5.74) is 4.59. The van der Waals surface area contributed by atoms with Crippen molar-refractivity contribution in [3.8, 4) is 0 Å². The molecule has 0 aliphatic rings. The Balaban J connectivity index is 1.75. The standard InChI is InChI=1S/C27H32N2O3S/c1-20-10-9-11-21(2)25(20)29(33(5,31)32)19-23-14-16-24(17-15-23)26(30)28-27(3,4)18-22-12-7-6-8-13-22/h6-17H,18-19H2,1-5H3,(H,28,30). The molecule has 0 saturated heterocycles. The van der Waals surface area contributed by atoms with Gasteiger partial charge in [0.05, 0.1) is 18.5 Å². The molecule has 0 saturated carbocycles. The molecule has 6 heteroatoms. The third-order valence-electron chi connectivity index (χ3n) is 5.57. The average molecular weight is 465 g/mol. The molecule has 0 radical (unpaired) electrons. The van der Waals surface area contributed by atoms with Gasteiger partial charge < -0.3 is 5.32 Å². The number of sulfonamides is 1. The Hall–Kier alpha value is -3.12. The van der Waals surface area contributed by atoms with Crippen LogP contribution in [0.2, 0.25) is 0 Å². The lowest BCUT2D eigenvalue weighted by Crippen LogP contribution is -2.45. The van der Waals surface area contributed by atoms with Crippen LogP contribution >= 0.6 is 0 Å². The van der Waals surface area contributed by atoms with E-state index in [1.165, 1.54) is 10.6 Å². The van der Waals surface area contributed by atoms with E-state index in [-0.39, 0.29) is 12.5 Å². The summed E-state index contributed by atoms with van der Waals surface area (Å²) in [5.74, 6) is -0.155. The van der Waals surface area contributed by atoms with Crippen LogP contribution in [-0.4, -0.2) is 26.1 Å². The lowest BCUT2D eigenvalue weighted by Gasteiger charge is -2.27. The predicted octanol–water partition coefficient (Wildman–Crippen LogP) is 5.02. The highest BCUT2D eigenvalue weighted by molar-refractivity contribution is 7.92. The van der Waals surface area contributed by atoms with Crippen molar-refractivity contribution in [2.24, 2.45) is 0 Å². The number of nitrogens with one attached hydrogen (secondary N) is 1. The van der Waals surface area contributed by atoms with E-state index in [0.717, 1.165) is 28.7 Å². The largest absolute Gasteiger partial charge is 0.347 e. The molecule has 0 spiro atoms. The van der Waals surface area contributed by atoms with Crippen molar-refractivity contribution in [3.63, 3.8) is 0 Å². The SMILES string of the molecule is Cc1cccc(C)c1N(Cc1ccc(C(=O)NC(C)(C)Cc2ccccc2)cc1)S(C)(=O)=O. The van der Waals surface area contributed by atoms with Crippen molar-refractivity contribution in [2.75, 3.05) is 10.6 Å². The molecule has 0 heterocycles. The fourth-order valence-corrected chi connectivity index (χ4v) is 5.02. The van der Waals surface area contributed by atoms with Crippen LogP contribution in [0.25, 0.3) is 0 Å². The Morgan fingerprint density at radius 2 is 1.42 bits per heavy atom. The van der Waals surface area contributed by atoms with E-state index >= 15 is 0 Å². The van der Waals surface area contributed by atoms with E-state index in [0.29, 0.717) is 11.3 Å². The van der Waals surface area contributed by atoms with Crippen molar-refractivity contribution in [2.45, 2.75) is 46.2 Å². The number of benzene rings is 3. The maximum absolute atomic E-state index is 12.8. The number of rotatable bonds is 8. The van der Waals surface area contributed by atoms with Gasteiger partial charge in [-0.1, -0.05) is 60.7 Å². The maximum atomic E-state index is 12.8. The van der Waals surface area contributed by atoms with Gasteiger partial charge in [-0.2, -0.15) is 0 Å². The first-order chi connectivity index (χ1) is 15.5. The van der Waals surface area contributed by atoms with Crippen LogP contribution in [0, 0.1) is 13.8 Å². The van der Waals surface area contributed by atoms with Crippen LogP contribution in [0.1, 0.15) is 46.5 Å². The highest BCUT2D eigenvalue weighted by Crippen LogP contribution is 2.28. The summed E-state index contributed by atoms with van der Waals surface area (Å²) in [7, 11) is -3.49. The number of hydrogen-bond donors (Lipinski definition) is 1. The lowest BCUT2D eigenvalue weighted by atomic mass is 9.94. The van der Waals surface area contributed by atoms with Gasteiger partial charge >= 0.3 is 0 Å². The first-order valence-electron chi connectivity index (χ1n) is 11.0. The molecule has 5 nitrogen and oxygen atoms in total. The van der Waals surface area contributed by atoms with Gasteiger partial charge in [-0.15, -0.1) is 0 Å². The van der Waals surface area contributed by atoms with Crippen LogP contribution in [0.4, 0.5) is 5.69 Å². The molecule has 33 heavy (non-hydrogen) atoms. The second-order valence-corrected chi connectivity index (χ2v) is 11.1. The Kier molecular flexibility index (Phi) is 7.28. The first-order valence-corrected chi connectivity index (χ1v) is 12.8. The van der Waals surface area contributed by atoms with E-state index in [4.69, 9.17) is 0 Å². The zero-order valence-electron chi connectivity index (χ0n) is 19.9. The number of amides is 1. The lowest BCUT2D eigenvalue weighted by molar-refractivity contribution is 0.0913. The molecule has 0 fully saturated rings. The second kappa shape index (κ2) is 9.79. The third kappa shape index (κ3) is 6.45. The molecule has 0 aromatic heterocycles. The number of hydrogen-bond acceptors (Lipinski definition) is 3. The number of nitrogens with zero attached hydrogens (tertiary/aromatic N) is 1. The minimum Gasteiger partial charge on any atom is -0.347 e. The smallest absolute Gasteiger partial charge is 0.251 e. The van der Waals surface area contributed by atoms with Crippen molar-refractivity contribution >= 4 is 21.6 Å². The highest BCUT2D eigenvalue weighted by atomic mass is 32.2. The van der Waals surface area contributed by atoms with Gasteiger partial charge in [0.25, 0.3) is 5.91 Å². The van der Waals surface area contributed by atoms with Gasteiger partial charge in [-0.3, -0.25) is 9.10 Å². The molecule has 174 valence electrons. The Labute approximate surface area is 197 Å². The zero-order valence-corrected chi connectivity index (χ0v) is 20.7. The van der Waals surface area contributed by atoms with Crippen molar-refractivity contribution in [1.29, 1.82) is 0 Å². The minimum atomic E-state index is -3.49. The average Bonchev–Trinajstić information content (AvgIpc) is 2.72. The van der Waals surface area contributed by atoms with Gasteiger partial charge in [-0.05, 0) is 68.5 Å². The summed E-state index contributed by atoms with van der Waals surface area (Å²) in [5, 5.41) is 3.10. The molecule has 0 aliphatic carbocycles. The van der Waals surface area contributed by atoms with E-state index in [9.17, 15) is 13.2 Å². The summed E-state index contributed by atoms with van der Waals surface area (Å²) >= 11 is 0. The molecule has 0 atom stereocenters. The van der Waals surface area contributed by atoms with Crippen LogP contribution in [-0.2, 0) is 23.0 Å². The molecular weight excluding hydrogens is 432 g/mol. The van der Waals surface area contributed by atoms with Crippen LogP contribution in [0.5, 0.6) is 0 Å². The second-order valence-electron chi connectivity index (χ2n) is 9.21. The molecule has 1 N–H and O–H groups in total. The molecule has 0 aliphatic heterocycles. The molecule has 3 rings (SSSR count). The maximum Gasteiger partial charge on any atom is 0.251 e. The molecule has 0 unspecified atom stereocenters. The fraction of sp³-hybridized carbons (Fsp3) is 0.296. The summed E-state index contributed by atoms with van der Waals surface area (Å²) in [6.07, 6.45) is 1.94. The minimum absolute atomic E-state index is 0.155. The van der Waals surface area contributed by atoms with Crippen LogP contribution < -0.4 is 9.62 Å².